The highest BCUT2D eigenvalue weighted by Gasteiger charge is 2.21. The maximum atomic E-state index is 12.9. The van der Waals surface area contributed by atoms with Crippen LogP contribution in [0, 0.1) is 13.8 Å². The summed E-state index contributed by atoms with van der Waals surface area (Å²) in [5.74, 6) is -1.14. The fraction of sp³-hybridized carbons (Fsp3) is 0.400. The zero-order valence-corrected chi connectivity index (χ0v) is 19.5. The molecule has 0 saturated heterocycles. The molecule has 8 heteroatoms. The summed E-state index contributed by atoms with van der Waals surface area (Å²) in [7, 11) is 0. The minimum absolute atomic E-state index is 0.0664. The molecule has 8 nitrogen and oxygen atoms in total. The number of fused-ring (bicyclic) bond motifs is 1. The first kappa shape index (κ1) is 24.1. The first-order valence-corrected chi connectivity index (χ1v) is 11.1. The summed E-state index contributed by atoms with van der Waals surface area (Å²) >= 11 is 0. The lowest BCUT2D eigenvalue weighted by molar-refractivity contribution is -0.142. The molecule has 0 saturated carbocycles. The zero-order chi connectivity index (χ0) is 24.1. The maximum Gasteiger partial charge on any atom is 0.306 e. The van der Waals surface area contributed by atoms with Crippen molar-refractivity contribution in [3.05, 3.63) is 62.8 Å². The Kier molecular flexibility index (Phi) is 7.58. The van der Waals surface area contributed by atoms with Crippen molar-refractivity contribution in [3.63, 3.8) is 0 Å². The van der Waals surface area contributed by atoms with Crippen LogP contribution in [-0.2, 0) is 22.5 Å². The first-order valence-electron chi connectivity index (χ1n) is 11.1. The standard InChI is InChI=1S/C25H29N3O5/c1-5-6-13-28-20-10-8-7-9-18(20)27-19(25(28)32)11-12-22(31)33-14-21(30)24-15(2)23(17(4)29)16(3)26-24/h7-10,26H,5-6,11-14H2,1-4H3. The average molecular weight is 452 g/mol. The fourth-order valence-corrected chi connectivity index (χ4v) is 4.01. The Balaban J connectivity index is 1.67. The number of nitrogens with one attached hydrogen (secondary N) is 1. The molecule has 0 fully saturated rings. The molecule has 0 bridgehead atoms. The molecule has 0 aliphatic carbocycles. The Bertz CT molecular complexity index is 1270. The number of ether oxygens (including phenoxy) is 1. The Morgan fingerprint density at radius 3 is 2.55 bits per heavy atom. The van der Waals surface area contributed by atoms with Crippen molar-refractivity contribution in [1.29, 1.82) is 0 Å². The summed E-state index contributed by atoms with van der Waals surface area (Å²) in [6.07, 6.45) is 1.87. The van der Waals surface area contributed by atoms with Crippen LogP contribution in [0.5, 0.6) is 0 Å². The molecular weight excluding hydrogens is 422 g/mol. The smallest absolute Gasteiger partial charge is 0.306 e. The van der Waals surface area contributed by atoms with Gasteiger partial charge in [0.25, 0.3) is 5.56 Å². The lowest BCUT2D eigenvalue weighted by atomic mass is 10.1. The summed E-state index contributed by atoms with van der Waals surface area (Å²) in [6, 6.07) is 7.43. The van der Waals surface area contributed by atoms with E-state index in [-0.39, 0.29) is 29.9 Å². The maximum absolute atomic E-state index is 12.9. The van der Waals surface area contributed by atoms with E-state index in [1.54, 1.807) is 18.4 Å². The molecule has 0 atom stereocenters. The van der Waals surface area contributed by atoms with E-state index in [0.29, 0.717) is 34.6 Å². The first-order chi connectivity index (χ1) is 15.7. The molecule has 174 valence electrons. The largest absolute Gasteiger partial charge is 0.457 e. The van der Waals surface area contributed by atoms with Gasteiger partial charge < -0.3 is 14.3 Å². The van der Waals surface area contributed by atoms with E-state index in [1.807, 2.05) is 24.3 Å². The van der Waals surface area contributed by atoms with Gasteiger partial charge in [0.1, 0.15) is 5.69 Å². The quantitative estimate of drug-likeness (QED) is 0.372. The second-order valence-corrected chi connectivity index (χ2v) is 8.12. The van der Waals surface area contributed by atoms with Gasteiger partial charge in [-0.25, -0.2) is 4.98 Å². The van der Waals surface area contributed by atoms with E-state index in [9.17, 15) is 19.2 Å². The molecule has 3 rings (SSSR count). The van der Waals surface area contributed by atoms with Crippen LogP contribution in [0.1, 0.15) is 70.9 Å². The van der Waals surface area contributed by atoms with E-state index in [1.165, 1.54) is 6.92 Å². The van der Waals surface area contributed by atoms with Crippen molar-refractivity contribution < 1.29 is 19.1 Å². The number of aromatic amines is 1. The number of H-pyrrole nitrogens is 1. The monoisotopic (exact) mass is 451 g/mol. The van der Waals surface area contributed by atoms with Crippen molar-refractivity contribution in [2.24, 2.45) is 0 Å². The van der Waals surface area contributed by atoms with Crippen LogP contribution in [0.2, 0.25) is 0 Å². The van der Waals surface area contributed by atoms with Crippen LogP contribution in [0.25, 0.3) is 11.0 Å². The molecule has 0 aliphatic heterocycles. The normalized spacial score (nSPS) is 11.0. The number of aryl methyl sites for hydroxylation is 3. The number of esters is 1. The molecule has 0 unspecified atom stereocenters. The number of carbonyl (C=O) groups is 3. The predicted molar refractivity (Wildman–Crippen MR) is 125 cm³/mol. The highest BCUT2D eigenvalue weighted by Crippen LogP contribution is 2.19. The number of para-hydroxylation sites is 2. The van der Waals surface area contributed by atoms with Gasteiger partial charge in [0.15, 0.2) is 12.4 Å². The van der Waals surface area contributed by atoms with E-state index >= 15 is 0 Å². The third-order valence-corrected chi connectivity index (χ3v) is 5.65. The number of unbranched alkanes of at least 4 members (excludes halogenated alkanes) is 1. The zero-order valence-electron chi connectivity index (χ0n) is 19.5. The van der Waals surface area contributed by atoms with Crippen molar-refractivity contribution in [2.75, 3.05) is 6.61 Å². The number of rotatable bonds is 10. The number of nitrogens with zero attached hydrogens (tertiary/aromatic N) is 2. The second kappa shape index (κ2) is 10.4. The topological polar surface area (TPSA) is 111 Å². The number of benzene rings is 1. The summed E-state index contributed by atoms with van der Waals surface area (Å²) in [6.45, 7) is 7.04. The number of ketones is 2. The van der Waals surface area contributed by atoms with Crippen LogP contribution >= 0.6 is 0 Å². The number of aromatic nitrogens is 3. The average Bonchev–Trinajstić information content (AvgIpc) is 3.09. The Morgan fingerprint density at radius 2 is 1.88 bits per heavy atom. The van der Waals surface area contributed by atoms with Gasteiger partial charge in [-0.15, -0.1) is 0 Å². The van der Waals surface area contributed by atoms with Crippen molar-refractivity contribution in [1.82, 2.24) is 14.5 Å². The van der Waals surface area contributed by atoms with Gasteiger partial charge in [0.2, 0.25) is 5.78 Å². The van der Waals surface area contributed by atoms with E-state index < -0.39 is 18.4 Å². The van der Waals surface area contributed by atoms with Crippen molar-refractivity contribution in [3.8, 4) is 0 Å². The fourth-order valence-electron chi connectivity index (χ4n) is 4.01. The van der Waals surface area contributed by atoms with Gasteiger partial charge in [-0.2, -0.15) is 0 Å². The summed E-state index contributed by atoms with van der Waals surface area (Å²) in [5, 5.41) is 0. The highest BCUT2D eigenvalue weighted by atomic mass is 16.5. The van der Waals surface area contributed by atoms with E-state index in [2.05, 4.69) is 16.9 Å². The third kappa shape index (κ3) is 5.27. The molecule has 0 radical (unpaired) electrons. The summed E-state index contributed by atoms with van der Waals surface area (Å²) in [4.78, 5) is 56.8. The Labute approximate surface area is 192 Å². The minimum atomic E-state index is -0.592. The molecule has 2 aromatic heterocycles. The Morgan fingerprint density at radius 1 is 1.15 bits per heavy atom. The number of carbonyl (C=O) groups excluding carboxylic acids is 3. The lowest BCUT2D eigenvalue weighted by Gasteiger charge is -2.12. The molecule has 1 aromatic carbocycles. The summed E-state index contributed by atoms with van der Waals surface area (Å²) in [5.41, 5.74) is 3.47. The second-order valence-electron chi connectivity index (χ2n) is 8.12. The van der Waals surface area contributed by atoms with Gasteiger partial charge in [-0.05, 0) is 44.9 Å². The predicted octanol–water partition coefficient (Wildman–Crippen LogP) is 3.70. The van der Waals surface area contributed by atoms with Gasteiger partial charge >= 0.3 is 5.97 Å². The Hall–Kier alpha value is -3.55. The molecule has 33 heavy (non-hydrogen) atoms. The molecular formula is C25H29N3O5. The molecule has 0 aliphatic rings. The molecule has 0 spiro atoms. The van der Waals surface area contributed by atoms with Gasteiger partial charge in [0.05, 0.1) is 23.1 Å². The van der Waals surface area contributed by atoms with Gasteiger partial charge in [-0.1, -0.05) is 25.5 Å². The van der Waals surface area contributed by atoms with Crippen molar-refractivity contribution in [2.45, 2.75) is 59.9 Å². The van der Waals surface area contributed by atoms with E-state index in [4.69, 9.17) is 4.74 Å². The van der Waals surface area contributed by atoms with E-state index in [0.717, 1.165) is 18.4 Å². The number of Topliss-reactive ketones (excluding diaryl/α,β-unsaturated/α-hetero) is 2. The highest BCUT2D eigenvalue weighted by molar-refractivity contribution is 6.04. The molecule has 2 heterocycles. The number of hydrogen-bond donors (Lipinski definition) is 1. The lowest BCUT2D eigenvalue weighted by Crippen LogP contribution is -2.26. The summed E-state index contributed by atoms with van der Waals surface area (Å²) < 4.78 is 6.84. The van der Waals surface area contributed by atoms with Crippen LogP contribution in [0.3, 0.4) is 0 Å². The number of hydrogen-bond acceptors (Lipinski definition) is 6. The van der Waals surface area contributed by atoms with Gasteiger partial charge in [0, 0.05) is 24.2 Å². The van der Waals surface area contributed by atoms with Crippen LogP contribution in [0.15, 0.2) is 29.1 Å². The minimum Gasteiger partial charge on any atom is -0.457 e. The third-order valence-electron chi connectivity index (χ3n) is 5.65. The molecule has 0 amide bonds. The van der Waals surface area contributed by atoms with Crippen molar-refractivity contribution >= 4 is 28.6 Å². The van der Waals surface area contributed by atoms with Gasteiger partial charge in [-0.3, -0.25) is 19.2 Å². The SMILES string of the molecule is CCCCn1c(=O)c(CCC(=O)OCC(=O)c2[nH]c(C)c(C(C)=O)c2C)nc2ccccc21. The van der Waals surface area contributed by atoms with Crippen LogP contribution in [-0.4, -0.2) is 38.7 Å². The van der Waals surface area contributed by atoms with Crippen LogP contribution in [0.4, 0.5) is 0 Å². The molecule has 1 N–H and O–H groups in total. The molecule has 3 aromatic rings. The van der Waals surface area contributed by atoms with Crippen LogP contribution < -0.4 is 5.56 Å².